The maximum absolute atomic E-state index is 12.1. The highest BCUT2D eigenvalue weighted by molar-refractivity contribution is 8.03. The summed E-state index contributed by atoms with van der Waals surface area (Å²) in [5.74, 6) is -0.897. The van der Waals surface area contributed by atoms with E-state index in [9.17, 15) is 9.90 Å². The van der Waals surface area contributed by atoms with Crippen LogP contribution in [0.4, 0.5) is 0 Å². The van der Waals surface area contributed by atoms with Crippen molar-refractivity contribution in [2.24, 2.45) is 0 Å². The zero-order chi connectivity index (χ0) is 21.6. The Bertz CT molecular complexity index is 961. The number of hydrogen-bond donors (Lipinski definition) is 1. The van der Waals surface area contributed by atoms with Crippen LogP contribution < -0.4 is 0 Å². The van der Waals surface area contributed by atoms with Gasteiger partial charge in [-0.05, 0) is 49.6 Å². The Hall–Kier alpha value is -1.95. The van der Waals surface area contributed by atoms with Crippen molar-refractivity contribution in [2.75, 3.05) is 0 Å². The van der Waals surface area contributed by atoms with Crippen molar-refractivity contribution in [1.82, 2.24) is 9.55 Å². The summed E-state index contributed by atoms with van der Waals surface area (Å²) in [5, 5.41) is 11.4. The molecular weight excluding hydrogens is 427 g/mol. The van der Waals surface area contributed by atoms with E-state index in [0.29, 0.717) is 22.8 Å². The van der Waals surface area contributed by atoms with Crippen molar-refractivity contribution in [3.63, 3.8) is 0 Å². The lowest BCUT2D eigenvalue weighted by molar-refractivity contribution is 0.0694. The second-order valence-corrected chi connectivity index (χ2v) is 8.45. The summed E-state index contributed by atoms with van der Waals surface area (Å²) >= 11 is 13.5. The highest BCUT2D eigenvalue weighted by Gasteiger charge is 2.27. The van der Waals surface area contributed by atoms with Gasteiger partial charge in [0, 0.05) is 45.7 Å². The number of rotatable bonds is 8. The first-order chi connectivity index (χ1) is 13.8. The van der Waals surface area contributed by atoms with E-state index < -0.39 is 5.97 Å². The van der Waals surface area contributed by atoms with E-state index in [1.807, 2.05) is 50.5 Å². The number of pyridine rings is 1. The van der Waals surface area contributed by atoms with E-state index in [2.05, 4.69) is 4.98 Å². The number of carboxylic acid groups (broad SMARTS) is 1. The number of aromatic nitrogens is 2. The molecule has 2 rings (SSSR count). The summed E-state index contributed by atoms with van der Waals surface area (Å²) in [6.45, 7) is 8.24. The molecule has 2 aromatic rings. The normalized spacial score (nSPS) is 12.9. The topological polar surface area (TPSA) is 55.1 Å². The lowest BCUT2D eigenvalue weighted by Gasteiger charge is -2.15. The van der Waals surface area contributed by atoms with Gasteiger partial charge in [0.25, 0.3) is 0 Å². The molecule has 7 heteroatoms. The van der Waals surface area contributed by atoms with E-state index in [4.69, 9.17) is 23.2 Å². The molecule has 0 saturated carbocycles. The molecule has 0 saturated heterocycles. The molecular formula is C22H24Cl2N2O2S. The summed E-state index contributed by atoms with van der Waals surface area (Å²) < 4.78 is 2.04. The number of allylic oxidation sites excluding steroid dienone is 4. The molecule has 0 fully saturated rings. The lowest BCUT2D eigenvalue weighted by Crippen LogP contribution is -2.05. The molecule has 0 aliphatic heterocycles. The molecule has 0 aliphatic rings. The Morgan fingerprint density at radius 1 is 1.34 bits per heavy atom. The first kappa shape index (κ1) is 23.3. The summed E-state index contributed by atoms with van der Waals surface area (Å²) in [6.07, 6.45) is 8.82. The van der Waals surface area contributed by atoms with Gasteiger partial charge in [0.1, 0.15) is 0 Å². The second kappa shape index (κ2) is 10.7. The zero-order valence-electron chi connectivity index (χ0n) is 16.8. The molecule has 0 radical (unpaired) electrons. The van der Waals surface area contributed by atoms with E-state index in [1.165, 1.54) is 17.3 Å². The average Bonchev–Trinajstić information content (AvgIpc) is 2.95. The van der Waals surface area contributed by atoms with E-state index in [0.717, 1.165) is 21.1 Å². The highest BCUT2D eigenvalue weighted by atomic mass is 35.5. The molecule has 0 bridgehead atoms. The molecule has 2 heterocycles. The maximum atomic E-state index is 12.1. The maximum Gasteiger partial charge on any atom is 0.337 e. The average molecular weight is 451 g/mol. The summed E-state index contributed by atoms with van der Waals surface area (Å²) in [5.41, 5.74) is 4.33. The van der Waals surface area contributed by atoms with Gasteiger partial charge in [0.15, 0.2) is 0 Å². The van der Waals surface area contributed by atoms with Crippen LogP contribution in [0.5, 0.6) is 0 Å². The fraction of sp³-hybridized carbons (Fsp3) is 0.273. The van der Waals surface area contributed by atoms with Crippen molar-refractivity contribution in [3.8, 4) is 0 Å². The summed E-state index contributed by atoms with van der Waals surface area (Å²) in [7, 11) is 0. The monoisotopic (exact) mass is 450 g/mol. The predicted octanol–water partition coefficient (Wildman–Crippen LogP) is 6.93. The van der Waals surface area contributed by atoms with Gasteiger partial charge >= 0.3 is 5.97 Å². The third-order valence-electron chi connectivity index (χ3n) is 4.39. The summed E-state index contributed by atoms with van der Waals surface area (Å²) in [4.78, 5) is 17.0. The van der Waals surface area contributed by atoms with Crippen molar-refractivity contribution in [3.05, 3.63) is 80.6 Å². The molecule has 1 N–H and O–H groups in total. The van der Waals surface area contributed by atoms with Crippen LogP contribution >= 0.6 is 35.0 Å². The Morgan fingerprint density at radius 2 is 2.00 bits per heavy atom. The standard InChI is InChI=1S/C22H24Cl2N2O2S/c1-5-17(24)12-18(6-9-23)29-21-19(14(2)3)20(22(27)28)15(4)26(21)13-16-7-10-25-11-8-16/h5-12,14H,13H2,1-4H3,(H,27,28)/b9-6+,17-5+,18-12+. The Kier molecular flexibility index (Phi) is 8.62. The smallest absolute Gasteiger partial charge is 0.337 e. The molecule has 0 atom stereocenters. The van der Waals surface area contributed by atoms with Gasteiger partial charge in [0.2, 0.25) is 0 Å². The quantitative estimate of drug-likeness (QED) is 0.349. The van der Waals surface area contributed by atoms with Gasteiger partial charge in [-0.25, -0.2) is 4.79 Å². The SMILES string of the molecule is C\C=C(Cl)/C=C(\C=C\Cl)Sc1c(C(C)C)c(C(=O)O)c(C)n1Cc1ccncc1. The van der Waals surface area contributed by atoms with Crippen LogP contribution in [-0.4, -0.2) is 20.6 Å². The van der Waals surface area contributed by atoms with Crippen molar-refractivity contribution in [2.45, 2.75) is 45.2 Å². The lowest BCUT2D eigenvalue weighted by atomic mass is 10.0. The van der Waals surface area contributed by atoms with Gasteiger partial charge in [-0.1, -0.05) is 54.9 Å². The van der Waals surface area contributed by atoms with Crippen LogP contribution in [0.15, 0.2) is 63.3 Å². The number of hydrogen-bond acceptors (Lipinski definition) is 3. The first-order valence-electron chi connectivity index (χ1n) is 9.13. The molecule has 0 amide bonds. The molecule has 0 aliphatic carbocycles. The Labute approximate surface area is 185 Å². The van der Waals surface area contributed by atoms with Crippen LogP contribution in [0.1, 0.15) is 53.9 Å². The third kappa shape index (κ3) is 5.78. The van der Waals surface area contributed by atoms with Crippen LogP contribution in [-0.2, 0) is 6.54 Å². The predicted molar refractivity (Wildman–Crippen MR) is 122 cm³/mol. The Morgan fingerprint density at radius 3 is 2.52 bits per heavy atom. The van der Waals surface area contributed by atoms with Crippen LogP contribution in [0.3, 0.4) is 0 Å². The van der Waals surface area contributed by atoms with E-state index >= 15 is 0 Å². The van der Waals surface area contributed by atoms with Gasteiger partial charge < -0.3 is 9.67 Å². The van der Waals surface area contributed by atoms with E-state index in [-0.39, 0.29) is 5.92 Å². The molecule has 29 heavy (non-hydrogen) atoms. The van der Waals surface area contributed by atoms with Crippen molar-refractivity contribution in [1.29, 1.82) is 0 Å². The van der Waals surface area contributed by atoms with Crippen LogP contribution in [0.2, 0.25) is 0 Å². The molecule has 154 valence electrons. The number of aromatic carboxylic acids is 1. The zero-order valence-corrected chi connectivity index (χ0v) is 19.1. The fourth-order valence-corrected chi connectivity index (χ4v) is 4.71. The van der Waals surface area contributed by atoms with Gasteiger partial charge in [-0.15, -0.1) is 0 Å². The Balaban J connectivity index is 2.70. The van der Waals surface area contributed by atoms with Gasteiger partial charge in [0.05, 0.1) is 10.6 Å². The summed E-state index contributed by atoms with van der Waals surface area (Å²) in [6, 6.07) is 3.85. The van der Waals surface area contributed by atoms with Crippen LogP contribution in [0, 0.1) is 6.92 Å². The third-order valence-corrected chi connectivity index (χ3v) is 5.97. The highest BCUT2D eigenvalue weighted by Crippen LogP contribution is 2.40. The minimum atomic E-state index is -0.925. The van der Waals surface area contributed by atoms with Crippen LogP contribution in [0.25, 0.3) is 0 Å². The molecule has 4 nitrogen and oxygen atoms in total. The number of thioether (sulfide) groups is 1. The van der Waals surface area contributed by atoms with Crippen molar-refractivity contribution >= 4 is 40.9 Å². The molecule has 2 aromatic heterocycles. The van der Waals surface area contributed by atoms with Gasteiger partial charge in [-0.3, -0.25) is 4.98 Å². The fourth-order valence-electron chi connectivity index (χ4n) is 3.02. The number of carboxylic acids is 1. The van der Waals surface area contributed by atoms with Crippen molar-refractivity contribution < 1.29 is 9.90 Å². The van der Waals surface area contributed by atoms with Gasteiger partial charge in [-0.2, -0.15) is 0 Å². The number of nitrogens with zero attached hydrogens (tertiary/aromatic N) is 2. The number of carbonyl (C=O) groups is 1. The first-order valence-corrected chi connectivity index (χ1v) is 10.8. The van der Waals surface area contributed by atoms with E-state index in [1.54, 1.807) is 24.5 Å². The molecule has 0 aromatic carbocycles. The minimum absolute atomic E-state index is 0.0272. The second-order valence-electron chi connectivity index (χ2n) is 6.70. The number of halogens is 2. The largest absolute Gasteiger partial charge is 0.478 e. The minimum Gasteiger partial charge on any atom is -0.478 e. The molecule has 0 unspecified atom stereocenters. The molecule has 0 spiro atoms.